The second kappa shape index (κ2) is 5.28. The van der Waals surface area contributed by atoms with Gasteiger partial charge in [0.2, 0.25) is 0 Å². The van der Waals surface area contributed by atoms with Gasteiger partial charge < -0.3 is 10.5 Å². The summed E-state index contributed by atoms with van der Waals surface area (Å²) < 4.78 is 30.0. The van der Waals surface area contributed by atoms with Crippen molar-refractivity contribution in [1.82, 2.24) is 0 Å². The first-order valence-electron chi connectivity index (χ1n) is 6.17. The number of methoxy groups -OCH3 is 1. The Hall–Kier alpha value is -1.07. The Balaban J connectivity index is 2.29. The van der Waals surface area contributed by atoms with E-state index in [4.69, 9.17) is 10.5 Å². The Kier molecular flexibility index (Phi) is 3.92. The maximum Gasteiger partial charge on any atom is 0.181 e. The lowest BCUT2D eigenvalue weighted by Gasteiger charge is -2.26. The first-order chi connectivity index (χ1) is 8.54. The summed E-state index contributed by atoms with van der Waals surface area (Å²) in [5.41, 5.74) is 5.87. The Morgan fingerprint density at radius 2 is 2.11 bits per heavy atom. The van der Waals surface area contributed by atoms with Gasteiger partial charge >= 0.3 is 0 Å². The van der Waals surface area contributed by atoms with Gasteiger partial charge in [-0.15, -0.1) is 0 Å². The highest BCUT2D eigenvalue weighted by atomic mass is 32.2. The standard InChI is InChI=1S/C13H19NO3S/c1-17-11-5-3-7-13(9-11)18(15,16)12-6-2-4-10(14)8-12/h3,5,7,9-10,12H,2,4,6,8,14H2,1H3. The molecule has 0 bridgehead atoms. The minimum atomic E-state index is -3.29. The van der Waals surface area contributed by atoms with Crippen molar-refractivity contribution in [1.29, 1.82) is 0 Å². The first kappa shape index (κ1) is 13.4. The van der Waals surface area contributed by atoms with Gasteiger partial charge in [-0.1, -0.05) is 12.5 Å². The largest absolute Gasteiger partial charge is 0.497 e. The van der Waals surface area contributed by atoms with Gasteiger partial charge in [-0.05, 0) is 37.5 Å². The maximum atomic E-state index is 12.5. The Bertz CT molecular complexity index is 513. The summed E-state index contributed by atoms with van der Waals surface area (Å²) >= 11 is 0. The molecular weight excluding hydrogens is 250 g/mol. The molecule has 0 saturated heterocycles. The lowest BCUT2D eigenvalue weighted by molar-refractivity contribution is 0.412. The van der Waals surface area contributed by atoms with Gasteiger partial charge in [0, 0.05) is 6.04 Å². The third-order valence-corrected chi connectivity index (χ3v) is 5.69. The van der Waals surface area contributed by atoms with Gasteiger partial charge in [0.05, 0.1) is 17.3 Å². The Labute approximate surface area is 108 Å². The van der Waals surface area contributed by atoms with E-state index in [-0.39, 0.29) is 11.3 Å². The minimum Gasteiger partial charge on any atom is -0.497 e. The predicted molar refractivity (Wildman–Crippen MR) is 70.4 cm³/mol. The van der Waals surface area contributed by atoms with Crippen LogP contribution in [0.25, 0.3) is 0 Å². The molecular formula is C13H19NO3S. The average Bonchev–Trinajstić information content (AvgIpc) is 2.39. The fraction of sp³-hybridized carbons (Fsp3) is 0.538. The van der Waals surface area contributed by atoms with Crippen molar-refractivity contribution in [2.45, 2.75) is 41.9 Å². The summed E-state index contributed by atoms with van der Waals surface area (Å²) in [6.07, 6.45) is 3.06. The molecule has 0 heterocycles. The van der Waals surface area contributed by atoms with Crippen LogP contribution in [-0.2, 0) is 9.84 Å². The van der Waals surface area contributed by atoms with Crippen LogP contribution in [0.1, 0.15) is 25.7 Å². The van der Waals surface area contributed by atoms with Crippen LogP contribution in [0, 0.1) is 0 Å². The van der Waals surface area contributed by atoms with Gasteiger partial charge in [0.25, 0.3) is 0 Å². The zero-order valence-electron chi connectivity index (χ0n) is 10.5. The molecule has 2 atom stereocenters. The van der Waals surface area contributed by atoms with E-state index in [0.29, 0.717) is 23.5 Å². The predicted octanol–water partition coefficient (Wildman–Crippen LogP) is 1.74. The average molecular weight is 269 g/mol. The van der Waals surface area contributed by atoms with Crippen LogP contribution >= 0.6 is 0 Å². The summed E-state index contributed by atoms with van der Waals surface area (Å²) in [6.45, 7) is 0. The lowest BCUT2D eigenvalue weighted by Crippen LogP contribution is -2.35. The summed E-state index contributed by atoms with van der Waals surface area (Å²) in [5.74, 6) is 0.566. The van der Waals surface area contributed by atoms with E-state index in [1.165, 1.54) is 7.11 Å². The number of hydrogen-bond acceptors (Lipinski definition) is 4. The van der Waals surface area contributed by atoms with Crippen molar-refractivity contribution in [3.63, 3.8) is 0 Å². The van der Waals surface area contributed by atoms with Gasteiger partial charge in [-0.3, -0.25) is 0 Å². The number of sulfone groups is 1. The van der Waals surface area contributed by atoms with Gasteiger partial charge in [-0.25, -0.2) is 8.42 Å². The topological polar surface area (TPSA) is 69.4 Å². The smallest absolute Gasteiger partial charge is 0.181 e. The molecule has 2 unspecified atom stereocenters. The van der Waals surface area contributed by atoms with Crippen molar-refractivity contribution in [3.05, 3.63) is 24.3 Å². The second-order valence-corrected chi connectivity index (χ2v) is 7.00. The van der Waals surface area contributed by atoms with Gasteiger partial charge in [0.1, 0.15) is 5.75 Å². The molecule has 1 aromatic rings. The highest BCUT2D eigenvalue weighted by Gasteiger charge is 2.31. The molecule has 1 saturated carbocycles. The lowest BCUT2D eigenvalue weighted by atomic mass is 9.96. The molecule has 1 aliphatic rings. The third-order valence-electron chi connectivity index (χ3n) is 3.48. The quantitative estimate of drug-likeness (QED) is 0.907. The number of rotatable bonds is 3. The van der Waals surface area contributed by atoms with Crippen LogP contribution < -0.4 is 10.5 Å². The van der Waals surface area contributed by atoms with E-state index < -0.39 is 9.84 Å². The molecule has 0 spiro atoms. The van der Waals surface area contributed by atoms with Gasteiger partial charge in [0.15, 0.2) is 9.84 Å². The number of ether oxygens (including phenoxy) is 1. The van der Waals surface area contributed by atoms with Crippen LogP contribution in [0.15, 0.2) is 29.2 Å². The minimum absolute atomic E-state index is 0.00383. The fourth-order valence-electron chi connectivity index (χ4n) is 2.43. The third kappa shape index (κ3) is 2.67. The number of hydrogen-bond donors (Lipinski definition) is 1. The molecule has 0 amide bonds. The van der Waals surface area contributed by atoms with Crippen molar-refractivity contribution in [2.24, 2.45) is 5.73 Å². The number of benzene rings is 1. The van der Waals surface area contributed by atoms with E-state index in [1.807, 2.05) is 0 Å². The maximum absolute atomic E-state index is 12.5. The second-order valence-electron chi connectivity index (χ2n) is 4.77. The highest BCUT2D eigenvalue weighted by molar-refractivity contribution is 7.92. The van der Waals surface area contributed by atoms with E-state index in [2.05, 4.69) is 0 Å². The molecule has 1 aliphatic carbocycles. The van der Waals surface area contributed by atoms with Crippen LogP contribution in [-0.4, -0.2) is 26.8 Å². The SMILES string of the molecule is COc1cccc(S(=O)(=O)C2CCCC(N)C2)c1. The van der Waals surface area contributed by atoms with Crippen LogP contribution in [0.5, 0.6) is 5.75 Å². The normalized spacial score (nSPS) is 24.8. The zero-order valence-corrected chi connectivity index (χ0v) is 11.3. The molecule has 1 aromatic carbocycles. The molecule has 2 rings (SSSR count). The summed E-state index contributed by atoms with van der Waals surface area (Å²) in [6, 6.07) is 6.65. The van der Waals surface area contributed by atoms with E-state index in [1.54, 1.807) is 24.3 Å². The number of nitrogens with two attached hydrogens (primary N) is 1. The van der Waals surface area contributed by atoms with E-state index >= 15 is 0 Å². The summed E-state index contributed by atoms with van der Waals surface area (Å²) in [7, 11) is -1.76. The monoisotopic (exact) mass is 269 g/mol. The molecule has 0 aliphatic heterocycles. The van der Waals surface area contributed by atoms with Crippen LogP contribution in [0.3, 0.4) is 0 Å². The van der Waals surface area contributed by atoms with Crippen LogP contribution in [0.2, 0.25) is 0 Å². The first-order valence-corrected chi connectivity index (χ1v) is 7.72. The highest BCUT2D eigenvalue weighted by Crippen LogP contribution is 2.29. The molecule has 5 heteroatoms. The van der Waals surface area contributed by atoms with Crippen molar-refractivity contribution in [2.75, 3.05) is 7.11 Å². The molecule has 1 fully saturated rings. The summed E-state index contributed by atoms with van der Waals surface area (Å²) in [4.78, 5) is 0.334. The Morgan fingerprint density at radius 1 is 1.33 bits per heavy atom. The Morgan fingerprint density at radius 3 is 2.78 bits per heavy atom. The summed E-state index contributed by atoms with van der Waals surface area (Å²) in [5, 5.41) is -0.353. The molecule has 4 nitrogen and oxygen atoms in total. The van der Waals surface area contributed by atoms with E-state index in [0.717, 1.165) is 12.8 Å². The molecule has 0 radical (unpaired) electrons. The fourth-order valence-corrected chi connectivity index (χ4v) is 4.34. The molecule has 18 heavy (non-hydrogen) atoms. The molecule has 100 valence electrons. The molecule has 0 aromatic heterocycles. The zero-order chi connectivity index (χ0) is 13.2. The molecule has 2 N–H and O–H groups in total. The van der Waals surface area contributed by atoms with Crippen molar-refractivity contribution < 1.29 is 13.2 Å². The van der Waals surface area contributed by atoms with Crippen molar-refractivity contribution >= 4 is 9.84 Å². The van der Waals surface area contributed by atoms with E-state index in [9.17, 15) is 8.42 Å². The van der Waals surface area contributed by atoms with Gasteiger partial charge in [-0.2, -0.15) is 0 Å². The van der Waals surface area contributed by atoms with Crippen LogP contribution in [0.4, 0.5) is 0 Å². The van der Waals surface area contributed by atoms with Crippen molar-refractivity contribution in [3.8, 4) is 5.75 Å².